The third-order valence-corrected chi connectivity index (χ3v) is 6.58. The molecule has 1 aliphatic rings. The summed E-state index contributed by atoms with van der Waals surface area (Å²) in [5.41, 5.74) is 1.30. The molecule has 0 aliphatic carbocycles. The topological polar surface area (TPSA) is 118 Å². The Morgan fingerprint density at radius 2 is 1.97 bits per heavy atom. The van der Waals surface area contributed by atoms with Crippen molar-refractivity contribution in [3.05, 3.63) is 59.9 Å². The molecule has 1 aliphatic heterocycles. The second-order valence-corrected chi connectivity index (χ2v) is 9.12. The van der Waals surface area contributed by atoms with Crippen LogP contribution >= 0.6 is 0 Å². The van der Waals surface area contributed by atoms with E-state index in [0.717, 1.165) is 5.56 Å². The number of aryl methyl sites for hydroxylation is 1. The molecule has 1 saturated heterocycles. The SMILES string of the molecule is Cc1ccc(S(=O)(=O)NCC[C@@H]2CC[C@H](NC(=O)c3ccccn3)[C@H](CO)O2)cc1. The molecule has 0 radical (unpaired) electrons. The van der Waals surface area contributed by atoms with Gasteiger partial charge in [-0.1, -0.05) is 23.8 Å². The monoisotopic (exact) mass is 433 g/mol. The summed E-state index contributed by atoms with van der Waals surface area (Å²) in [5.74, 6) is -0.313. The first-order valence-corrected chi connectivity index (χ1v) is 11.4. The maximum absolute atomic E-state index is 12.4. The lowest BCUT2D eigenvalue weighted by Gasteiger charge is -2.36. The van der Waals surface area contributed by atoms with Gasteiger partial charge in [0.1, 0.15) is 11.8 Å². The van der Waals surface area contributed by atoms with E-state index in [4.69, 9.17) is 4.74 Å². The number of carbonyl (C=O) groups excluding carboxylic acids is 1. The number of ether oxygens (including phenoxy) is 1. The molecule has 0 unspecified atom stereocenters. The van der Waals surface area contributed by atoms with Crippen LogP contribution in [0.25, 0.3) is 0 Å². The Labute approximate surface area is 176 Å². The van der Waals surface area contributed by atoms with Gasteiger partial charge < -0.3 is 15.2 Å². The molecule has 1 aromatic carbocycles. The number of aromatic nitrogens is 1. The van der Waals surface area contributed by atoms with Crippen molar-refractivity contribution in [1.82, 2.24) is 15.0 Å². The molecule has 3 rings (SSSR count). The van der Waals surface area contributed by atoms with Crippen LogP contribution in [0.3, 0.4) is 0 Å². The molecule has 3 N–H and O–H groups in total. The fraction of sp³-hybridized carbons (Fsp3) is 0.429. The van der Waals surface area contributed by atoms with Crippen LogP contribution in [0.2, 0.25) is 0 Å². The Morgan fingerprint density at radius 3 is 2.63 bits per heavy atom. The Balaban J connectivity index is 1.49. The van der Waals surface area contributed by atoms with Gasteiger partial charge in [-0.2, -0.15) is 0 Å². The van der Waals surface area contributed by atoms with Crippen molar-refractivity contribution in [3.63, 3.8) is 0 Å². The van der Waals surface area contributed by atoms with Gasteiger partial charge in [0.2, 0.25) is 10.0 Å². The molecular weight excluding hydrogens is 406 g/mol. The Morgan fingerprint density at radius 1 is 1.20 bits per heavy atom. The molecule has 162 valence electrons. The predicted octanol–water partition coefficient (Wildman–Crippen LogP) is 1.40. The van der Waals surface area contributed by atoms with Crippen LogP contribution in [0.5, 0.6) is 0 Å². The number of carbonyl (C=O) groups is 1. The van der Waals surface area contributed by atoms with Crippen LogP contribution in [-0.4, -0.2) is 55.8 Å². The molecule has 1 aromatic heterocycles. The number of benzene rings is 1. The summed E-state index contributed by atoms with van der Waals surface area (Å²) in [6, 6.07) is 11.4. The maximum Gasteiger partial charge on any atom is 0.270 e. The first kappa shape index (κ1) is 22.4. The number of rotatable bonds is 8. The number of nitrogens with one attached hydrogen (secondary N) is 2. The first-order valence-electron chi connectivity index (χ1n) is 9.93. The van der Waals surface area contributed by atoms with Crippen molar-refractivity contribution >= 4 is 15.9 Å². The summed E-state index contributed by atoms with van der Waals surface area (Å²) in [6.07, 6.45) is 2.54. The van der Waals surface area contributed by atoms with E-state index in [-0.39, 0.29) is 36.1 Å². The van der Waals surface area contributed by atoms with Gasteiger partial charge in [-0.25, -0.2) is 13.1 Å². The van der Waals surface area contributed by atoms with Gasteiger partial charge in [-0.3, -0.25) is 9.78 Å². The lowest BCUT2D eigenvalue weighted by molar-refractivity contribution is -0.0891. The van der Waals surface area contributed by atoms with Crippen molar-refractivity contribution in [2.75, 3.05) is 13.2 Å². The van der Waals surface area contributed by atoms with Crippen molar-refractivity contribution in [2.24, 2.45) is 0 Å². The molecular formula is C21H27N3O5S. The number of hydrogen-bond donors (Lipinski definition) is 3. The molecule has 3 atom stereocenters. The number of hydrogen-bond acceptors (Lipinski definition) is 6. The molecule has 0 saturated carbocycles. The maximum atomic E-state index is 12.4. The predicted molar refractivity (Wildman–Crippen MR) is 111 cm³/mol. The van der Waals surface area contributed by atoms with E-state index in [1.54, 1.807) is 48.7 Å². The van der Waals surface area contributed by atoms with Gasteiger partial charge in [-0.15, -0.1) is 0 Å². The van der Waals surface area contributed by atoms with Crippen LogP contribution in [0.15, 0.2) is 53.6 Å². The highest BCUT2D eigenvalue weighted by molar-refractivity contribution is 7.89. The highest BCUT2D eigenvalue weighted by atomic mass is 32.2. The minimum atomic E-state index is -3.57. The second-order valence-electron chi connectivity index (χ2n) is 7.35. The van der Waals surface area contributed by atoms with Crippen molar-refractivity contribution in [3.8, 4) is 0 Å². The van der Waals surface area contributed by atoms with Crippen LogP contribution in [0.1, 0.15) is 35.3 Å². The third kappa shape index (κ3) is 5.85. The normalized spacial score (nSPS) is 21.9. The van der Waals surface area contributed by atoms with Gasteiger partial charge in [0, 0.05) is 12.7 Å². The highest BCUT2D eigenvalue weighted by Crippen LogP contribution is 2.22. The zero-order chi connectivity index (χ0) is 21.6. The van der Waals surface area contributed by atoms with E-state index in [9.17, 15) is 18.3 Å². The van der Waals surface area contributed by atoms with Gasteiger partial charge in [0.25, 0.3) is 5.91 Å². The standard InChI is InChI=1S/C21H27N3O5S/c1-15-5-8-17(9-6-15)30(27,28)23-13-11-16-7-10-18(20(14-25)29-16)24-21(26)19-4-2-3-12-22-19/h2-6,8-9,12,16,18,20,23,25H,7,10-11,13-14H2,1H3,(H,24,26)/t16-,18-,20-/m0/s1. The summed E-state index contributed by atoms with van der Waals surface area (Å²) in [6.45, 7) is 1.89. The largest absolute Gasteiger partial charge is 0.394 e. The number of pyridine rings is 1. The van der Waals surface area contributed by atoms with E-state index in [2.05, 4.69) is 15.0 Å². The molecule has 1 fully saturated rings. The van der Waals surface area contributed by atoms with E-state index in [1.807, 2.05) is 6.92 Å². The Kier molecular flexibility index (Phi) is 7.54. The molecule has 0 bridgehead atoms. The summed E-state index contributed by atoms with van der Waals surface area (Å²) in [7, 11) is -3.57. The minimum Gasteiger partial charge on any atom is -0.394 e. The van der Waals surface area contributed by atoms with E-state index >= 15 is 0 Å². The molecule has 2 heterocycles. The van der Waals surface area contributed by atoms with Crippen LogP contribution in [0, 0.1) is 6.92 Å². The highest BCUT2D eigenvalue weighted by Gasteiger charge is 2.32. The van der Waals surface area contributed by atoms with Crippen LogP contribution in [0.4, 0.5) is 0 Å². The second kappa shape index (κ2) is 10.1. The summed E-state index contributed by atoms with van der Waals surface area (Å²) in [5, 5.41) is 12.6. The van der Waals surface area contributed by atoms with Gasteiger partial charge in [0.15, 0.2) is 0 Å². The summed E-state index contributed by atoms with van der Waals surface area (Å²) >= 11 is 0. The average molecular weight is 434 g/mol. The first-order chi connectivity index (χ1) is 14.4. The average Bonchev–Trinajstić information content (AvgIpc) is 2.75. The lowest BCUT2D eigenvalue weighted by atomic mass is 9.97. The number of aliphatic hydroxyl groups is 1. The molecule has 9 heteroatoms. The fourth-order valence-electron chi connectivity index (χ4n) is 3.40. The molecule has 0 spiro atoms. The number of sulfonamides is 1. The minimum absolute atomic E-state index is 0.203. The quantitative estimate of drug-likeness (QED) is 0.579. The Bertz CT molecular complexity index is 935. The lowest BCUT2D eigenvalue weighted by Crippen LogP contribution is -2.51. The van der Waals surface area contributed by atoms with E-state index < -0.39 is 16.1 Å². The third-order valence-electron chi connectivity index (χ3n) is 5.10. The van der Waals surface area contributed by atoms with Crippen molar-refractivity contribution < 1.29 is 23.1 Å². The van der Waals surface area contributed by atoms with E-state index in [1.165, 1.54) is 0 Å². The zero-order valence-electron chi connectivity index (χ0n) is 16.8. The summed E-state index contributed by atoms with van der Waals surface area (Å²) in [4.78, 5) is 16.6. The Hall–Kier alpha value is -2.33. The number of aliphatic hydroxyl groups excluding tert-OH is 1. The van der Waals surface area contributed by atoms with Crippen LogP contribution in [-0.2, 0) is 14.8 Å². The number of nitrogens with zero attached hydrogens (tertiary/aromatic N) is 1. The smallest absolute Gasteiger partial charge is 0.270 e. The van der Waals surface area contributed by atoms with Crippen molar-refractivity contribution in [1.29, 1.82) is 0 Å². The van der Waals surface area contributed by atoms with Gasteiger partial charge in [-0.05, 0) is 50.5 Å². The van der Waals surface area contributed by atoms with Crippen molar-refractivity contribution in [2.45, 2.75) is 49.3 Å². The molecule has 2 aromatic rings. The van der Waals surface area contributed by atoms with E-state index in [0.29, 0.717) is 25.0 Å². The molecule has 30 heavy (non-hydrogen) atoms. The molecule has 1 amide bonds. The zero-order valence-corrected chi connectivity index (χ0v) is 17.6. The number of amides is 1. The summed E-state index contributed by atoms with van der Waals surface area (Å²) < 4.78 is 33.2. The molecule has 8 nitrogen and oxygen atoms in total. The fourth-order valence-corrected chi connectivity index (χ4v) is 4.45. The van der Waals surface area contributed by atoms with Crippen LogP contribution < -0.4 is 10.0 Å². The van der Waals surface area contributed by atoms with Gasteiger partial charge in [0.05, 0.1) is 23.6 Å². The van der Waals surface area contributed by atoms with Gasteiger partial charge >= 0.3 is 0 Å².